The minimum Gasteiger partial charge on any atom is -0.476 e. The number of nitrogens with zero attached hydrogens (tertiary/aromatic N) is 5. The van der Waals surface area contributed by atoms with Crippen molar-refractivity contribution in [1.29, 1.82) is 0 Å². The van der Waals surface area contributed by atoms with Crippen molar-refractivity contribution in [2.75, 3.05) is 0 Å². The Morgan fingerprint density at radius 3 is 2.50 bits per heavy atom. The van der Waals surface area contributed by atoms with Gasteiger partial charge in [0.1, 0.15) is 12.2 Å². The zero-order valence-electron chi connectivity index (χ0n) is 11.1. The molecule has 0 aliphatic heterocycles. The summed E-state index contributed by atoms with van der Waals surface area (Å²) in [5.41, 5.74) is 1.36. The Hall–Kier alpha value is -2.32. The summed E-state index contributed by atoms with van der Waals surface area (Å²) in [5.74, 6) is -1.32. The Balaban J connectivity index is 2.69. The van der Waals surface area contributed by atoms with Crippen LogP contribution < -0.4 is 0 Å². The number of halogens is 2. The molecule has 2 heterocycles. The fourth-order valence-electron chi connectivity index (χ4n) is 2.08. The van der Waals surface area contributed by atoms with Crippen molar-refractivity contribution in [1.82, 2.24) is 24.8 Å². The Bertz CT molecular complexity index is 662. The van der Waals surface area contributed by atoms with Crippen LogP contribution in [0, 0.1) is 13.8 Å². The second kappa shape index (κ2) is 4.99. The monoisotopic (exact) mass is 285 g/mol. The van der Waals surface area contributed by atoms with Crippen LogP contribution in [0.2, 0.25) is 0 Å². The van der Waals surface area contributed by atoms with E-state index in [9.17, 15) is 13.6 Å². The molecule has 0 aromatic carbocycles. The maximum atomic E-state index is 12.6. The van der Waals surface area contributed by atoms with Crippen LogP contribution in [-0.4, -0.2) is 42.3 Å². The van der Waals surface area contributed by atoms with Crippen molar-refractivity contribution in [2.24, 2.45) is 7.05 Å². The summed E-state index contributed by atoms with van der Waals surface area (Å²) < 4.78 is 27.6. The lowest BCUT2D eigenvalue weighted by Crippen LogP contribution is -2.11. The third-order valence-corrected chi connectivity index (χ3v) is 2.99. The molecule has 0 unspecified atom stereocenters. The highest BCUT2D eigenvalue weighted by atomic mass is 19.3. The van der Waals surface area contributed by atoms with Gasteiger partial charge in [0.05, 0.1) is 5.69 Å². The van der Waals surface area contributed by atoms with Gasteiger partial charge < -0.3 is 5.11 Å². The first-order chi connectivity index (χ1) is 9.32. The molecule has 0 saturated heterocycles. The average Bonchev–Trinajstić information content (AvgIpc) is 2.81. The van der Waals surface area contributed by atoms with E-state index < -0.39 is 18.9 Å². The average molecular weight is 285 g/mol. The topological polar surface area (TPSA) is 85.8 Å². The summed E-state index contributed by atoms with van der Waals surface area (Å²) in [6.45, 7) is 2.68. The van der Waals surface area contributed by atoms with E-state index in [4.69, 9.17) is 5.11 Å². The quantitative estimate of drug-likeness (QED) is 0.914. The summed E-state index contributed by atoms with van der Waals surface area (Å²) in [7, 11) is 1.69. The number of carboxylic acids is 1. The SMILES string of the molecule is Cc1nn(C)c(C)c1-c1c(C(=O)O)nnn1CC(F)F. The van der Waals surface area contributed by atoms with Gasteiger partial charge in [-0.05, 0) is 13.8 Å². The molecular weight excluding hydrogens is 272 g/mol. The van der Waals surface area contributed by atoms with Crippen molar-refractivity contribution in [3.63, 3.8) is 0 Å². The van der Waals surface area contributed by atoms with Gasteiger partial charge in [0.15, 0.2) is 5.69 Å². The van der Waals surface area contributed by atoms with Gasteiger partial charge in [-0.1, -0.05) is 5.21 Å². The molecular formula is C11H13F2N5O2. The van der Waals surface area contributed by atoms with E-state index in [1.807, 2.05) is 0 Å². The maximum absolute atomic E-state index is 12.6. The van der Waals surface area contributed by atoms with Crippen molar-refractivity contribution in [3.05, 3.63) is 17.1 Å². The smallest absolute Gasteiger partial charge is 0.358 e. The first kappa shape index (κ1) is 14.1. The fraction of sp³-hybridized carbons (Fsp3) is 0.455. The van der Waals surface area contributed by atoms with Crippen LogP contribution in [-0.2, 0) is 13.6 Å². The molecule has 20 heavy (non-hydrogen) atoms. The number of aryl methyl sites for hydroxylation is 2. The van der Waals surface area contributed by atoms with E-state index in [2.05, 4.69) is 15.4 Å². The zero-order chi connectivity index (χ0) is 15.0. The lowest BCUT2D eigenvalue weighted by Gasteiger charge is -2.07. The van der Waals surface area contributed by atoms with Crippen molar-refractivity contribution in [3.8, 4) is 11.3 Å². The second-order valence-corrected chi connectivity index (χ2v) is 4.33. The largest absolute Gasteiger partial charge is 0.476 e. The summed E-state index contributed by atoms with van der Waals surface area (Å²) in [6, 6.07) is 0. The molecule has 2 rings (SSSR count). The molecule has 0 bridgehead atoms. The molecule has 108 valence electrons. The number of aromatic carboxylic acids is 1. The number of alkyl halides is 2. The molecule has 1 N–H and O–H groups in total. The molecule has 0 aliphatic carbocycles. The summed E-state index contributed by atoms with van der Waals surface area (Å²) >= 11 is 0. The summed E-state index contributed by atoms with van der Waals surface area (Å²) in [4.78, 5) is 11.2. The van der Waals surface area contributed by atoms with Crippen LogP contribution in [0.15, 0.2) is 0 Å². The lowest BCUT2D eigenvalue weighted by molar-refractivity contribution is 0.0691. The predicted molar refractivity (Wildman–Crippen MR) is 64.7 cm³/mol. The molecule has 0 saturated carbocycles. The molecule has 0 fully saturated rings. The fourth-order valence-corrected chi connectivity index (χ4v) is 2.08. The normalized spacial score (nSPS) is 11.3. The van der Waals surface area contributed by atoms with E-state index in [1.165, 1.54) is 0 Å². The Labute approximate surface area is 112 Å². The Kier molecular flexibility index (Phi) is 3.51. The van der Waals surface area contributed by atoms with Crippen LogP contribution in [0.3, 0.4) is 0 Å². The van der Waals surface area contributed by atoms with Crippen LogP contribution >= 0.6 is 0 Å². The number of hydrogen-bond acceptors (Lipinski definition) is 4. The molecule has 0 atom stereocenters. The van der Waals surface area contributed by atoms with Gasteiger partial charge in [0.2, 0.25) is 0 Å². The van der Waals surface area contributed by atoms with Gasteiger partial charge in [-0.2, -0.15) is 5.10 Å². The number of carbonyl (C=O) groups is 1. The van der Waals surface area contributed by atoms with Gasteiger partial charge in [0.25, 0.3) is 6.43 Å². The lowest BCUT2D eigenvalue weighted by atomic mass is 10.1. The van der Waals surface area contributed by atoms with Gasteiger partial charge in [0, 0.05) is 18.3 Å². The van der Waals surface area contributed by atoms with Crippen molar-refractivity contribution < 1.29 is 18.7 Å². The molecule has 7 nitrogen and oxygen atoms in total. The van der Waals surface area contributed by atoms with E-state index in [0.29, 0.717) is 17.0 Å². The molecule has 0 aliphatic rings. The van der Waals surface area contributed by atoms with Crippen LogP contribution in [0.4, 0.5) is 8.78 Å². The minimum atomic E-state index is -2.66. The van der Waals surface area contributed by atoms with E-state index in [-0.39, 0.29) is 11.4 Å². The third kappa shape index (κ3) is 2.26. The highest BCUT2D eigenvalue weighted by molar-refractivity contribution is 5.93. The van der Waals surface area contributed by atoms with E-state index in [0.717, 1.165) is 4.68 Å². The van der Waals surface area contributed by atoms with Gasteiger partial charge in [-0.3, -0.25) is 4.68 Å². The Morgan fingerprint density at radius 2 is 2.05 bits per heavy atom. The molecule has 9 heteroatoms. The predicted octanol–water partition coefficient (Wildman–Crippen LogP) is 1.26. The van der Waals surface area contributed by atoms with Gasteiger partial charge >= 0.3 is 5.97 Å². The maximum Gasteiger partial charge on any atom is 0.358 e. The highest BCUT2D eigenvalue weighted by Crippen LogP contribution is 2.29. The van der Waals surface area contributed by atoms with Gasteiger partial charge in [-0.15, -0.1) is 5.10 Å². The van der Waals surface area contributed by atoms with Crippen LogP contribution in [0.5, 0.6) is 0 Å². The molecule has 2 aromatic rings. The van der Waals surface area contributed by atoms with Crippen molar-refractivity contribution >= 4 is 5.97 Å². The highest BCUT2D eigenvalue weighted by Gasteiger charge is 2.26. The number of aromatic nitrogens is 5. The third-order valence-electron chi connectivity index (χ3n) is 2.99. The minimum absolute atomic E-state index is 0.0564. The molecule has 2 aromatic heterocycles. The van der Waals surface area contributed by atoms with Crippen LogP contribution in [0.25, 0.3) is 11.3 Å². The van der Waals surface area contributed by atoms with E-state index >= 15 is 0 Å². The molecule has 0 amide bonds. The Morgan fingerprint density at radius 1 is 1.40 bits per heavy atom. The summed E-state index contributed by atoms with van der Waals surface area (Å²) in [5, 5.41) is 20.3. The first-order valence-electron chi connectivity index (χ1n) is 5.78. The first-order valence-corrected chi connectivity index (χ1v) is 5.78. The van der Waals surface area contributed by atoms with Crippen LogP contribution in [0.1, 0.15) is 21.9 Å². The molecule has 0 radical (unpaired) electrons. The number of hydrogen-bond donors (Lipinski definition) is 1. The number of rotatable bonds is 4. The standard InChI is InChI=1S/C11H13F2N5O2/c1-5-8(6(2)17(3)15-5)10-9(11(19)20)14-16-18(10)4-7(12)13/h7H,4H2,1-3H3,(H,19,20). The number of carboxylic acid groups (broad SMARTS) is 1. The molecule has 0 spiro atoms. The van der Waals surface area contributed by atoms with E-state index in [1.54, 1.807) is 25.6 Å². The summed E-state index contributed by atoms with van der Waals surface area (Å²) in [6.07, 6.45) is -2.66. The second-order valence-electron chi connectivity index (χ2n) is 4.33. The van der Waals surface area contributed by atoms with Gasteiger partial charge in [-0.25, -0.2) is 18.3 Å². The van der Waals surface area contributed by atoms with Crippen molar-refractivity contribution in [2.45, 2.75) is 26.8 Å². The zero-order valence-corrected chi connectivity index (χ0v) is 11.1.